The number of benzene rings is 2. The van der Waals surface area contributed by atoms with Gasteiger partial charge < -0.3 is 4.74 Å². The van der Waals surface area contributed by atoms with Crippen LogP contribution in [0.2, 0.25) is 0 Å². The molecule has 1 aliphatic rings. The van der Waals surface area contributed by atoms with E-state index in [1.807, 2.05) is 57.2 Å². The lowest BCUT2D eigenvalue weighted by Crippen LogP contribution is -2.23. The Labute approximate surface area is 172 Å². The Morgan fingerprint density at radius 2 is 1.78 bits per heavy atom. The highest BCUT2D eigenvalue weighted by Crippen LogP contribution is 2.36. The van der Waals surface area contributed by atoms with E-state index >= 15 is 0 Å². The van der Waals surface area contributed by atoms with E-state index in [4.69, 9.17) is 4.74 Å². The van der Waals surface area contributed by atoms with Crippen LogP contribution in [0.1, 0.15) is 48.7 Å². The summed E-state index contributed by atoms with van der Waals surface area (Å²) in [5.41, 5.74) is 4.93. The molecule has 0 aromatic heterocycles. The van der Waals surface area contributed by atoms with Crippen molar-refractivity contribution < 1.29 is 9.53 Å². The summed E-state index contributed by atoms with van der Waals surface area (Å²) < 4.78 is 5.42. The van der Waals surface area contributed by atoms with E-state index in [-0.39, 0.29) is 5.97 Å². The van der Waals surface area contributed by atoms with Crippen molar-refractivity contribution in [2.45, 2.75) is 49.0 Å². The van der Waals surface area contributed by atoms with Gasteiger partial charge in [-0.25, -0.2) is 4.79 Å². The highest BCUT2D eigenvalue weighted by molar-refractivity contribution is 7.83. The van der Waals surface area contributed by atoms with Crippen LogP contribution in [0.15, 0.2) is 70.0 Å². The summed E-state index contributed by atoms with van der Waals surface area (Å²) >= 11 is 9.12. The van der Waals surface area contributed by atoms with Gasteiger partial charge in [-0.3, -0.25) is 0 Å². The summed E-state index contributed by atoms with van der Waals surface area (Å²) in [4.78, 5) is 14.0. The first-order valence-corrected chi connectivity index (χ1v) is 9.86. The maximum Gasteiger partial charge on any atom is 0.338 e. The standard InChI is InChI=1S/C23H24O2S2/c1-23(2,3)25-22(24)16-12-10-15(11-13-16)14-17-6-4-7-18(17)19-8-5-9-20(26)21(19)27/h4-6,8-13,26-27H,7,14H2,1-3H3. The molecule has 0 spiro atoms. The van der Waals surface area contributed by atoms with Crippen molar-refractivity contribution >= 4 is 36.8 Å². The molecular weight excluding hydrogens is 372 g/mol. The zero-order valence-corrected chi connectivity index (χ0v) is 17.6. The topological polar surface area (TPSA) is 26.3 Å². The second kappa shape index (κ2) is 7.99. The van der Waals surface area contributed by atoms with Crippen LogP contribution in [0, 0.1) is 0 Å². The minimum absolute atomic E-state index is 0.292. The average Bonchev–Trinajstić information content (AvgIpc) is 3.04. The molecule has 27 heavy (non-hydrogen) atoms. The number of allylic oxidation sites excluding steroid dienone is 4. The molecule has 2 nitrogen and oxygen atoms in total. The largest absolute Gasteiger partial charge is 0.456 e. The molecular formula is C23H24O2S2. The van der Waals surface area contributed by atoms with E-state index in [2.05, 4.69) is 43.5 Å². The zero-order chi connectivity index (χ0) is 19.6. The number of hydrogen-bond acceptors (Lipinski definition) is 4. The maximum absolute atomic E-state index is 12.2. The van der Waals surface area contributed by atoms with Crippen LogP contribution < -0.4 is 0 Å². The van der Waals surface area contributed by atoms with Crippen LogP contribution >= 0.6 is 25.3 Å². The molecule has 0 saturated carbocycles. The fourth-order valence-electron chi connectivity index (χ4n) is 3.09. The third-order valence-electron chi connectivity index (χ3n) is 4.35. The second-order valence-electron chi connectivity index (χ2n) is 7.66. The molecule has 0 unspecified atom stereocenters. The second-order valence-corrected chi connectivity index (χ2v) is 8.59. The zero-order valence-electron chi connectivity index (χ0n) is 15.8. The first kappa shape index (κ1) is 19.8. The summed E-state index contributed by atoms with van der Waals surface area (Å²) in [5.74, 6) is -0.292. The average molecular weight is 397 g/mol. The molecule has 0 heterocycles. The van der Waals surface area contributed by atoms with Gasteiger partial charge in [0.05, 0.1) is 5.56 Å². The normalized spacial score (nSPS) is 14.0. The van der Waals surface area contributed by atoms with E-state index in [9.17, 15) is 4.79 Å². The van der Waals surface area contributed by atoms with Crippen molar-refractivity contribution in [2.24, 2.45) is 0 Å². The van der Waals surface area contributed by atoms with Gasteiger partial charge in [0, 0.05) is 9.79 Å². The predicted octanol–water partition coefficient (Wildman–Crippen LogP) is 6.18. The van der Waals surface area contributed by atoms with E-state index in [1.165, 1.54) is 11.1 Å². The van der Waals surface area contributed by atoms with Gasteiger partial charge in [-0.15, -0.1) is 25.3 Å². The van der Waals surface area contributed by atoms with E-state index in [0.717, 1.165) is 33.8 Å². The number of esters is 1. The smallest absolute Gasteiger partial charge is 0.338 e. The molecule has 3 rings (SSSR count). The molecule has 0 amide bonds. The molecule has 0 atom stereocenters. The van der Waals surface area contributed by atoms with E-state index in [1.54, 1.807) is 0 Å². The summed E-state index contributed by atoms with van der Waals surface area (Å²) in [6.07, 6.45) is 6.06. The summed E-state index contributed by atoms with van der Waals surface area (Å²) in [7, 11) is 0. The van der Waals surface area contributed by atoms with Gasteiger partial charge in [0.2, 0.25) is 0 Å². The van der Waals surface area contributed by atoms with E-state index < -0.39 is 5.60 Å². The number of carbonyl (C=O) groups is 1. The highest BCUT2D eigenvalue weighted by atomic mass is 32.1. The Morgan fingerprint density at radius 1 is 1.07 bits per heavy atom. The van der Waals surface area contributed by atoms with Crippen molar-refractivity contribution in [3.05, 3.63) is 76.9 Å². The maximum atomic E-state index is 12.2. The lowest BCUT2D eigenvalue weighted by atomic mass is 9.96. The molecule has 0 radical (unpaired) electrons. The summed E-state index contributed by atoms with van der Waals surface area (Å²) in [6, 6.07) is 13.7. The van der Waals surface area contributed by atoms with Gasteiger partial charge in [0.25, 0.3) is 0 Å². The van der Waals surface area contributed by atoms with Gasteiger partial charge in [-0.2, -0.15) is 0 Å². The van der Waals surface area contributed by atoms with Crippen LogP contribution in [0.4, 0.5) is 0 Å². The first-order chi connectivity index (χ1) is 12.7. The van der Waals surface area contributed by atoms with Gasteiger partial charge in [0.15, 0.2) is 0 Å². The number of carbonyl (C=O) groups excluding carboxylic acids is 1. The first-order valence-electron chi connectivity index (χ1n) is 8.97. The predicted molar refractivity (Wildman–Crippen MR) is 117 cm³/mol. The Balaban J connectivity index is 1.81. The van der Waals surface area contributed by atoms with Crippen LogP contribution in [0.3, 0.4) is 0 Å². The monoisotopic (exact) mass is 396 g/mol. The van der Waals surface area contributed by atoms with Crippen LogP contribution in [0.25, 0.3) is 5.57 Å². The lowest BCUT2D eigenvalue weighted by molar-refractivity contribution is 0.00695. The molecule has 0 bridgehead atoms. The molecule has 0 saturated heterocycles. The minimum atomic E-state index is -0.490. The Bertz CT molecular complexity index is 916. The highest BCUT2D eigenvalue weighted by Gasteiger charge is 2.18. The van der Waals surface area contributed by atoms with Crippen LogP contribution in [-0.2, 0) is 11.2 Å². The quantitative estimate of drug-likeness (QED) is 0.477. The fourth-order valence-corrected chi connectivity index (χ4v) is 3.58. The number of rotatable bonds is 4. The molecule has 0 N–H and O–H groups in total. The number of hydrogen-bond donors (Lipinski definition) is 2. The molecule has 1 aliphatic carbocycles. The fraction of sp³-hybridized carbons (Fsp3) is 0.261. The summed E-state index contributed by atoms with van der Waals surface area (Å²) in [6.45, 7) is 5.61. The molecule has 4 heteroatoms. The van der Waals surface area contributed by atoms with Crippen molar-refractivity contribution in [1.82, 2.24) is 0 Å². The van der Waals surface area contributed by atoms with Gasteiger partial charge >= 0.3 is 5.97 Å². The molecule has 0 fully saturated rings. The van der Waals surface area contributed by atoms with Crippen molar-refractivity contribution in [3.63, 3.8) is 0 Å². The summed E-state index contributed by atoms with van der Waals surface area (Å²) in [5, 5.41) is 0. The van der Waals surface area contributed by atoms with Crippen LogP contribution in [-0.4, -0.2) is 11.6 Å². The van der Waals surface area contributed by atoms with Crippen molar-refractivity contribution in [1.29, 1.82) is 0 Å². The SMILES string of the molecule is CC(C)(C)OC(=O)c1ccc(CC2=C(c3cccc(S)c3S)CC=C2)cc1. The Kier molecular flexibility index (Phi) is 5.87. The Morgan fingerprint density at radius 3 is 2.44 bits per heavy atom. The molecule has 2 aromatic rings. The molecule has 0 aliphatic heterocycles. The van der Waals surface area contributed by atoms with Gasteiger partial charge in [0.1, 0.15) is 5.60 Å². The third kappa shape index (κ3) is 4.88. The number of ether oxygens (including phenoxy) is 1. The Hall–Kier alpha value is -1.91. The molecule has 2 aromatic carbocycles. The van der Waals surface area contributed by atoms with Gasteiger partial charge in [-0.05, 0) is 74.1 Å². The van der Waals surface area contributed by atoms with E-state index in [0.29, 0.717) is 5.56 Å². The van der Waals surface area contributed by atoms with Crippen molar-refractivity contribution in [2.75, 3.05) is 0 Å². The van der Waals surface area contributed by atoms with Crippen molar-refractivity contribution in [3.8, 4) is 0 Å². The lowest BCUT2D eigenvalue weighted by Gasteiger charge is -2.19. The van der Waals surface area contributed by atoms with Crippen LogP contribution in [0.5, 0.6) is 0 Å². The third-order valence-corrected chi connectivity index (χ3v) is 5.38. The van der Waals surface area contributed by atoms with Gasteiger partial charge in [-0.1, -0.05) is 36.4 Å². The molecule has 140 valence electrons. The minimum Gasteiger partial charge on any atom is -0.456 e. The number of thiol groups is 2.